The molecule has 0 aliphatic carbocycles. The van der Waals surface area contributed by atoms with Gasteiger partial charge in [0, 0.05) is 29.4 Å². The van der Waals surface area contributed by atoms with Crippen LogP contribution < -0.4 is 11.2 Å². The van der Waals surface area contributed by atoms with Gasteiger partial charge in [-0.1, -0.05) is 23.7 Å². The number of carboxylic acid groups (broad SMARTS) is 1. The van der Waals surface area contributed by atoms with E-state index in [9.17, 15) is 9.90 Å². The summed E-state index contributed by atoms with van der Waals surface area (Å²) in [6, 6.07) is 12.1. The lowest BCUT2D eigenvalue weighted by molar-refractivity contribution is -0.142. The number of anilines is 2. The van der Waals surface area contributed by atoms with Crippen LogP contribution in [0.1, 0.15) is 17.2 Å². The SMILES string of the molecule is Nc1cccc2c1C(C(=O)O)N(Cc1ccc3ncc(Cl)cc3c1)N2. The smallest absolute Gasteiger partial charge is 0.327 e. The molecular formula is C18H15ClN4O2. The third-order valence-electron chi connectivity index (χ3n) is 4.29. The molecule has 0 saturated heterocycles. The Kier molecular flexibility index (Phi) is 3.71. The minimum atomic E-state index is -0.949. The summed E-state index contributed by atoms with van der Waals surface area (Å²) in [5, 5.41) is 12.8. The van der Waals surface area contributed by atoms with Gasteiger partial charge in [-0.05, 0) is 35.9 Å². The van der Waals surface area contributed by atoms with Crippen LogP contribution in [0.2, 0.25) is 5.02 Å². The Morgan fingerprint density at radius 3 is 2.96 bits per heavy atom. The fourth-order valence-corrected chi connectivity index (χ4v) is 3.36. The van der Waals surface area contributed by atoms with Crippen molar-refractivity contribution in [3.05, 3.63) is 64.8 Å². The van der Waals surface area contributed by atoms with E-state index in [2.05, 4.69) is 10.4 Å². The number of pyridine rings is 1. The average Bonchev–Trinajstić information content (AvgIpc) is 2.94. The second kappa shape index (κ2) is 5.91. The predicted octanol–water partition coefficient (Wildman–Crippen LogP) is 3.44. The van der Waals surface area contributed by atoms with Crippen LogP contribution in [-0.2, 0) is 11.3 Å². The number of carbonyl (C=O) groups is 1. The van der Waals surface area contributed by atoms with E-state index in [4.69, 9.17) is 17.3 Å². The number of nitrogen functional groups attached to an aromatic ring is 1. The highest BCUT2D eigenvalue weighted by Gasteiger charge is 2.37. The number of fused-ring (bicyclic) bond motifs is 2. The Labute approximate surface area is 148 Å². The summed E-state index contributed by atoms with van der Waals surface area (Å²) < 4.78 is 0. The van der Waals surface area contributed by atoms with Gasteiger partial charge in [-0.15, -0.1) is 0 Å². The number of aromatic nitrogens is 1. The summed E-state index contributed by atoms with van der Waals surface area (Å²) >= 11 is 6.01. The first kappa shape index (κ1) is 15.7. The summed E-state index contributed by atoms with van der Waals surface area (Å²) in [5.74, 6) is -0.949. The van der Waals surface area contributed by atoms with Crippen molar-refractivity contribution in [1.29, 1.82) is 0 Å². The highest BCUT2D eigenvalue weighted by atomic mass is 35.5. The monoisotopic (exact) mass is 354 g/mol. The molecule has 1 aromatic heterocycles. The normalized spacial score (nSPS) is 16.6. The number of carboxylic acids is 1. The molecule has 1 aliphatic rings. The molecule has 1 unspecified atom stereocenters. The number of benzene rings is 2. The first-order valence-corrected chi connectivity index (χ1v) is 8.09. The van der Waals surface area contributed by atoms with Gasteiger partial charge in [0.05, 0.1) is 16.2 Å². The molecule has 6 nitrogen and oxygen atoms in total. The van der Waals surface area contributed by atoms with Crippen LogP contribution in [0.15, 0.2) is 48.7 Å². The van der Waals surface area contributed by atoms with Crippen molar-refractivity contribution in [3.63, 3.8) is 0 Å². The first-order valence-electron chi connectivity index (χ1n) is 7.71. The van der Waals surface area contributed by atoms with E-state index in [-0.39, 0.29) is 0 Å². The van der Waals surface area contributed by atoms with Crippen molar-refractivity contribution >= 4 is 39.8 Å². The predicted molar refractivity (Wildman–Crippen MR) is 97.1 cm³/mol. The van der Waals surface area contributed by atoms with Crippen molar-refractivity contribution in [1.82, 2.24) is 9.99 Å². The van der Waals surface area contributed by atoms with Crippen LogP contribution in [-0.4, -0.2) is 21.1 Å². The molecular weight excluding hydrogens is 340 g/mol. The summed E-state index contributed by atoms with van der Waals surface area (Å²) in [7, 11) is 0. The van der Waals surface area contributed by atoms with E-state index in [1.807, 2.05) is 30.3 Å². The molecule has 25 heavy (non-hydrogen) atoms. The summed E-state index contributed by atoms with van der Waals surface area (Å²) in [6.07, 6.45) is 1.60. The maximum atomic E-state index is 11.8. The lowest BCUT2D eigenvalue weighted by Gasteiger charge is -2.22. The Hall–Kier alpha value is -2.83. The summed E-state index contributed by atoms with van der Waals surface area (Å²) in [5.41, 5.74) is 12.7. The minimum absolute atomic E-state index is 0.396. The van der Waals surface area contributed by atoms with Gasteiger partial charge in [0.2, 0.25) is 0 Å². The standard InChI is InChI=1S/C18H15ClN4O2/c19-12-7-11-6-10(4-5-14(11)21-8-12)9-23-17(18(24)25)16-13(20)2-1-3-15(16)22-23/h1-8,17,22H,9,20H2,(H,24,25). The molecule has 0 radical (unpaired) electrons. The Bertz CT molecular complexity index is 992. The molecule has 0 spiro atoms. The lowest BCUT2D eigenvalue weighted by Crippen LogP contribution is -2.32. The van der Waals surface area contributed by atoms with Gasteiger partial charge in [0.25, 0.3) is 0 Å². The number of rotatable bonds is 3. The molecule has 2 aromatic carbocycles. The van der Waals surface area contributed by atoms with E-state index in [1.165, 1.54) is 0 Å². The lowest BCUT2D eigenvalue weighted by atomic mass is 10.0. The molecule has 1 atom stereocenters. The van der Waals surface area contributed by atoms with Crippen LogP contribution in [0, 0.1) is 0 Å². The number of nitrogens with zero attached hydrogens (tertiary/aromatic N) is 2. The zero-order valence-electron chi connectivity index (χ0n) is 13.1. The van der Waals surface area contributed by atoms with E-state index in [0.29, 0.717) is 22.8 Å². The molecule has 0 saturated carbocycles. The van der Waals surface area contributed by atoms with Crippen molar-refractivity contribution in [3.8, 4) is 0 Å². The topological polar surface area (TPSA) is 91.5 Å². The molecule has 4 rings (SSSR count). The largest absolute Gasteiger partial charge is 0.480 e. The number of halogens is 1. The average molecular weight is 355 g/mol. The number of hydrogen-bond acceptors (Lipinski definition) is 5. The minimum Gasteiger partial charge on any atom is -0.480 e. The molecule has 2 heterocycles. The maximum Gasteiger partial charge on any atom is 0.327 e. The molecule has 0 amide bonds. The second-order valence-electron chi connectivity index (χ2n) is 5.97. The first-order chi connectivity index (χ1) is 12.0. The van der Waals surface area contributed by atoms with Gasteiger partial charge < -0.3 is 16.3 Å². The van der Waals surface area contributed by atoms with Crippen LogP contribution in [0.3, 0.4) is 0 Å². The summed E-state index contributed by atoms with van der Waals surface area (Å²) in [4.78, 5) is 16.1. The van der Waals surface area contributed by atoms with Crippen molar-refractivity contribution in [2.75, 3.05) is 11.2 Å². The van der Waals surface area contributed by atoms with Crippen molar-refractivity contribution in [2.24, 2.45) is 0 Å². The third kappa shape index (κ3) is 2.75. The summed E-state index contributed by atoms with van der Waals surface area (Å²) in [6.45, 7) is 0.396. The van der Waals surface area contributed by atoms with E-state index >= 15 is 0 Å². The third-order valence-corrected chi connectivity index (χ3v) is 4.49. The molecule has 0 fully saturated rings. The molecule has 1 aliphatic heterocycles. The van der Waals surface area contributed by atoms with Gasteiger partial charge in [-0.3, -0.25) is 9.78 Å². The van der Waals surface area contributed by atoms with E-state index in [0.717, 1.165) is 22.2 Å². The Morgan fingerprint density at radius 2 is 2.16 bits per heavy atom. The van der Waals surface area contributed by atoms with Crippen LogP contribution in [0.4, 0.5) is 11.4 Å². The van der Waals surface area contributed by atoms with Crippen LogP contribution in [0.5, 0.6) is 0 Å². The number of hydrogen-bond donors (Lipinski definition) is 3. The quantitative estimate of drug-likeness (QED) is 0.624. The molecule has 7 heteroatoms. The molecule has 4 N–H and O–H groups in total. The van der Waals surface area contributed by atoms with Crippen LogP contribution >= 0.6 is 11.6 Å². The number of hydrazine groups is 1. The Balaban J connectivity index is 1.69. The highest BCUT2D eigenvalue weighted by molar-refractivity contribution is 6.31. The zero-order chi connectivity index (χ0) is 17.6. The second-order valence-corrected chi connectivity index (χ2v) is 6.41. The van der Waals surface area contributed by atoms with Crippen molar-refractivity contribution in [2.45, 2.75) is 12.6 Å². The van der Waals surface area contributed by atoms with E-state index < -0.39 is 12.0 Å². The van der Waals surface area contributed by atoms with Gasteiger partial charge in [-0.2, -0.15) is 0 Å². The molecule has 0 bridgehead atoms. The number of nitrogens with two attached hydrogens (primary N) is 1. The van der Waals surface area contributed by atoms with Crippen LogP contribution in [0.25, 0.3) is 10.9 Å². The maximum absolute atomic E-state index is 11.8. The fourth-order valence-electron chi connectivity index (χ4n) is 3.20. The number of nitrogens with one attached hydrogen (secondary N) is 1. The van der Waals surface area contributed by atoms with Crippen molar-refractivity contribution < 1.29 is 9.90 Å². The van der Waals surface area contributed by atoms with Gasteiger partial charge >= 0.3 is 5.97 Å². The van der Waals surface area contributed by atoms with Gasteiger partial charge in [-0.25, -0.2) is 5.01 Å². The Morgan fingerprint density at radius 1 is 1.32 bits per heavy atom. The molecule has 3 aromatic rings. The highest BCUT2D eigenvalue weighted by Crippen LogP contribution is 2.39. The zero-order valence-corrected chi connectivity index (χ0v) is 13.9. The van der Waals surface area contributed by atoms with Gasteiger partial charge in [0.15, 0.2) is 6.04 Å². The number of aliphatic carboxylic acids is 1. The molecule has 126 valence electrons. The van der Waals surface area contributed by atoms with E-state index in [1.54, 1.807) is 23.3 Å². The fraction of sp³-hybridized carbons (Fsp3) is 0.111. The van der Waals surface area contributed by atoms with Gasteiger partial charge in [0.1, 0.15) is 0 Å².